The minimum Gasteiger partial charge on any atom is -0.392 e. The predicted molar refractivity (Wildman–Crippen MR) is 58.9 cm³/mol. The maximum Gasteiger partial charge on any atom is 0.0639 e. The summed E-state index contributed by atoms with van der Waals surface area (Å²) in [6.07, 6.45) is 8.57. The van der Waals surface area contributed by atoms with Crippen molar-refractivity contribution in [2.24, 2.45) is 17.3 Å². The number of fused-ring (bicyclic) bond motifs is 1. The molecule has 0 spiro atoms. The minimum absolute atomic E-state index is 0.00752. The minimum atomic E-state index is -0.162. The van der Waals surface area contributed by atoms with Gasteiger partial charge in [0.15, 0.2) is 0 Å². The first-order valence-corrected chi connectivity index (χ1v) is 5.63. The van der Waals surface area contributed by atoms with Gasteiger partial charge in [0.05, 0.1) is 6.10 Å². The van der Waals surface area contributed by atoms with E-state index in [4.69, 9.17) is 0 Å². The molecule has 1 N–H and O–H groups in total. The van der Waals surface area contributed by atoms with E-state index in [1.54, 1.807) is 0 Å². The molecular formula is C13H20O. The Hall–Kier alpha value is -0.560. The molecule has 0 aliphatic heterocycles. The van der Waals surface area contributed by atoms with Crippen LogP contribution < -0.4 is 0 Å². The third-order valence-corrected chi connectivity index (χ3v) is 4.43. The van der Waals surface area contributed by atoms with Gasteiger partial charge in [-0.3, -0.25) is 0 Å². The van der Waals surface area contributed by atoms with Crippen molar-refractivity contribution in [1.29, 1.82) is 0 Å². The Morgan fingerprint density at radius 2 is 2.14 bits per heavy atom. The summed E-state index contributed by atoms with van der Waals surface area (Å²) in [4.78, 5) is 0. The van der Waals surface area contributed by atoms with Crippen molar-refractivity contribution in [3.63, 3.8) is 0 Å². The van der Waals surface area contributed by atoms with E-state index in [2.05, 4.69) is 39.0 Å². The van der Waals surface area contributed by atoms with Gasteiger partial charge in [0.2, 0.25) is 0 Å². The summed E-state index contributed by atoms with van der Waals surface area (Å²) in [6, 6.07) is 0. The average Bonchev–Trinajstić information content (AvgIpc) is 2.17. The van der Waals surface area contributed by atoms with Crippen molar-refractivity contribution in [3.8, 4) is 0 Å². The normalized spacial score (nSPS) is 47.1. The molecule has 0 bridgehead atoms. The van der Waals surface area contributed by atoms with Gasteiger partial charge in [0.1, 0.15) is 0 Å². The van der Waals surface area contributed by atoms with Gasteiger partial charge < -0.3 is 5.11 Å². The molecule has 0 aromatic carbocycles. The van der Waals surface area contributed by atoms with Crippen LogP contribution in [0.5, 0.6) is 0 Å². The van der Waals surface area contributed by atoms with E-state index in [0.717, 1.165) is 12.8 Å². The fraction of sp³-hybridized carbons (Fsp3) is 0.692. The SMILES string of the molecule is C[C@H]1C=CC2=CCC[C@H](O)[C@]2(C)[C@H]1C. The first-order valence-electron chi connectivity index (χ1n) is 5.63. The monoisotopic (exact) mass is 192 g/mol. The van der Waals surface area contributed by atoms with Gasteiger partial charge in [0.25, 0.3) is 0 Å². The van der Waals surface area contributed by atoms with E-state index in [1.807, 2.05) is 0 Å². The third-order valence-electron chi connectivity index (χ3n) is 4.43. The van der Waals surface area contributed by atoms with Crippen molar-refractivity contribution in [1.82, 2.24) is 0 Å². The molecule has 0 heterocycles. The van der Waals surface area contributed by atoms with Crippen LogP contribution in [0.4, 0.5) is 0 Å². The molecule has 0 fully saturated rings. The molecule has 0 amide bonds. The summed E-state index contributed by atoms with van der Waals surface area (Å²) in [5.74, 6) is 1.11. The molecule has 1 heteroatoms. The topological polar surface area (TPSA) is 20.2 Å². The molecule has 2 rings (SSSR count). The molecule has 0 saturated carbocycles. The van der Waals surface area contributed by atoms with Gasteiger partial charge >= 0.3 is 0 Å². The average molecular weight is 192 g/mol. The lowest BCUT2D eigenvalue weighted by Crippen LogP contribution is -2.45. The molecule has 14 heavy (non-hydrogen) atoms. The Bertz CT molecular complexity index is 290. The second kappa shape index (κ2) is 3.23. The van der Waals surface area contributed by atoms with Crippen LogP contribution >= 0.6 is 0 Å². The summed E-state index contributed by atoms with van der Waals surface area (Å²) in [7, 11) is 0. The van der Waals surface area contributed by atoms with Crippen molar-refractivity contribution in [2.45, 2.75) is 39.7 Å². The molecule has 0 aromatic rings. The first kappa shape index (κ1) is 9.97. The van der Waals surface area contributed by atoms with Crippen molar-refractivity contribution in [3.05, 3.63) is 23.8 Å². The molecule has 0 saturated heterocycles. The third kappa shape index (κ3) is 1.18. The Labute approximate surface area is 86.5 Å². The molecule has 78 valence electrons. The molecule has 0 aromatic heterocycles. The molecule has 4 atom stereocenters. The quantitative estimate of drug-likeness (QED) is 0.625. The smallest absolute Gasteiger partial charge is 0.0639 e. The number of aliphatic hydroxyl groups is 1. The maximum atomic E-state index is 10.2. The van der Waals surface area contributed by atoms with Crippen LogP contribution in [0.2, 0.25) is 0 Å². The Kier molecular flexibility index (Phi) is 2.30. The van der Waals surface area contributed by atoms with E-state index in [0.29, 0.717) is 11.8 Å². The fourth-order valence-electron chi connectivity index (χ4n) is 2.89. The summed E-state index contributed by atoms with van der Waals surface area (Å²) in [5, 5.41) is 10.2. The van der Waals surface area contributed by atoms with E-state index >= 15 is 0 Å². The molecule has 1 nitrogen and oxygen atoms in total. The highest BCUT2D eigenvalue weighted by molar-refractivity contribution is 5.34. The molecule has 2 aliphatic carbocycles. The van der Waals surface area contributed by atoms with Gasteiger partial charge in [-0.25, -0.2) is 0 Å². The second-order valence-electron chi connectivity index (χ2n) is 5.04. The fourth-order valence-corrected chi connectivity index (χ4v) is 2.89. The standard InChI is InChI=1S/C13H20O/c1-9-7-8-11-5-4-6-12(14)13(11,3)10(9)2/h5,7-10,12,14H,4,6H2,1-3H3/t9-,10-,12-,13+/m0/s1. The number of aliphatic hydroxyl groups excluding tert-OH is 1. The van der Waals surface area contributed by atoms with Crippen LogP contribution in [0.1, 0.15) is 33.6 Å². The van der Waals surface area contributed by atoms with Crippen LogP contribution in [-0.2, 0) is 0 Å². The van der Waals surface area contributed by atoms with Crippen LogP contribution in [-0.4, -0.2) is 11.2 Å². The largest absolute Gasteiger partial charge is 0.392 e. The number of hydrogen-bond donors (Lipinski definition) is 1. The Morgan fingerprint density at radius 1 is 1.43 bits per heavy atom. The van der Waals surface area contributed by atoms with Crippen molar-refractivity contribution in [2.75, 3.05) is 0 Å². The van der Waals surface area contributed by atoms with Crippen LogP contribution in [0.15, 0.2) is 23.8 Å². The lowest BCUT2D eigenvalue weighted by molar-refractivity contribution is 0.00181. The highest BCUT2D eigenvalue weighted by Gasteiger charge is 2.45. The molecule has 0 unspecified atom stereocenters. The highest BCUT2D eigenvalue weighted by Crippen LogP contribution is 2.49. The Morgan fingerprint density at radius 3 is 2.86 bits per heavy atom. The lowest BCUT2D eigenvalue weighted by atomic mass is 9.59. The van der Waals surface area contributed by atoms with Crippen LogP contribution in [0.25, 0.3) is 0 Å². The second-order valence-corrected chi connectivity index (χ2v) is 5.04. The van der Waals surface area contributed by atoms with Gasteiger partial charge in [-0.05, 0) is 30.3 Å². The van der Waals surface area contributed by atoms with Gasteiger partial charge in [0, 0.05) is 5.41 Å². The van der Waals surface area contributed by atoms with Crippen molar-refractivity contribution < 1.29 is 5.11 Å². The van der Waals surface area contributed by atoms with Gasteiger partial charge in [-0.2, -0.15) is 0 Å². The van der Waals surface area contributed by atoms with Crippen molar-refractivity contribution >= 4 is 0 Å². The first-order chi connectivity index (χ1) is 6.56. The Balaban J connectivity index is 2.46. The van der Waals surface area contributed by atoms with Crippen LogP contribution in [0, 0.1) is 17.3 Å². The van der Waals surface area contributed by atoms with E-state index < -0.39 is 0 Å². The summed E-state index contributed by atoms with van der Waals surface area (Å²) < 4.78 is 0. The molecular weight excluding hydrogens is 172 g/mol. The summed E-state index contributed by atoms with van der Waals surface area (Å²) in [6.45, 7) is 6.72. The lowest BCUT2D eigenvalue weighted by Gasteiger charge is -2.47. The van der Waals surface area contributed by atoms with E-state index in [9.17, 15) is 5.11 Å². The summed E-state index contributed by atoms with van der Waals surface area (Å²) >= 11 is 0. The zero-order valence-corrected chi connectivity index (χ0v) is 9.33. The van der Waals surface area contributed by atoms with E-state index in [1.165, 1.54) is 5.57 Å². The van der Waals surface area contributed by atoms with E-state index in [-0.39, 0.29) is 11.5 Å². The number of allylic oxidation sites excluding steroid dienone is 3. The highest BCUT2D eigenvalue weighted by atomic mass is 16.3. The van der Waals surface area contributed by atoms with Crippen LogP contribution in [0.3, 0.4) is 0 Å². The zero-order valence-electron chi connectivity index (χ0n) is 9.33. The summed E-state index contributed by atoms with van der Waals surface area (Å²) in [5.41, 5.74) is 1.34. The van der Waals surface area contributed by atoms with Gasteiger partial charge in [-0.15, -0.1) is 0 Å². The number of rotatable bonds is 0. The van der Waals surface area contributed by atoms with Gasteiger partial charge in [-0.1, -0.05) is 39.0 Å². The number of hydrogen-bond acceptors (Lipinski definition) is 1. The molecule has 0 radical (unpaired) electrons. The predicted octanol–water partition coefficient (Wildman–Crippen LogP) is 2.92. The maximum absolute atomic E-state index is 10.2. The zero-order chi connectivity index (χ0) is 10.3. The molecule has 2 aliphatic rings.